The van der Waals surface area contributed by atoms with Gasteiger partial charge in [0.05, 0.1) is 13.2 Å². The fraction of sp³-hybridized carbons (Fsp3) is 0.429. The Bertz CT molecular complexity index is 480. The van der Waals surface area contributed by atoms with Crippen LogP contribution in [0.3, 0.4) is 0 Å². The van der Waals surface area contributed by atoms with Crippen molar-refractivity contribution in [1.82, 2.24) is 5.32 Å². The maximum Gasteiger partial charge on any atom is 0.326 e. The lowest BCUT2D eigenvalue weighted by Gasteiger charge is -2.15. The van der Waals surface area contributed by atoms with Crippen molar-refractivity contribution >= 4 is 34.5 Å². The number of amides is 1. The van der Waals surface area contributed by atoms with E-state index in [9.17, 15) is 14.7 Å². The molecule has 0 bridgehead atoms. The first-order valence-corrected chi connectivity index (χ1v) is 7.44. The molecule has 0 aliphatic heterocycles. The summed E-state index contributed by atoms with van der Waals surface area (Å²) in [5, 5.41) is 11.7. The zero-order chi connectivity index (χ0) is 15.7. The minimum atomic E-state index is -1.07. The van der Waals surface area contributed by atoms with Crippen LogP contribution in [0.4, 0.5) is 0 Å². The first-order chi connectivity index (χ1) is 10.0. The van der Waals surface area contributed by atoms with Gasteiger partial charge >= 0.3 is 5.97 Å². The van der Waals surface area contributed by atoms with Crippen molar-refractivity contribution < 1.29 is 24.2 Å². The summed E-state index contributed by atoms with van der Waals surface area (Å²) in [4.78, 5) is 22.9. The van der Waals surface area contributed by atoms with Gasteiger partial charge in [-0.25, -0.2) is 4.79 Å². The highest BCUT2D eigenvalue weighted by molar-refractivity contribution is 14.1. The standard InChI is InChI=1S/C14H18INO5/c1-20-6-7-21-9-13(17)16-12(14(18)19)8-10-4-2-3-5-11(10)15/h2-5,12H,6-9H2,1H3,(H,16,17)(H,18,19)/t12-/m1/s1. The number of carbonyl (C=O) groups excluding carboxylic acids is 1. The lowest BCUT2D eigenvalue weighted by Crippen LogP contribution is -2.44. The van der Waals surface area contributed by atoms with Crippen molar-refractivity contribution in [2.45, 2.75) is 12.5 Å². The summed E-state index contributed by atoms with van der Waals surface area (Å²) in [5.41, 5.74) is 0.881. The second-order valence-corrected chi connectivity index (χ2v) is 5.46. The van der Waals surface area contributed by atoms with Crippen molar-refractivity contribution in [3.05, 3.63) is 33.4 Å². The van der Waals surface area contributed by atoms with Gasteiger partial charge in [0.1, 0.15) is 12.6 Å². The van der Waals surface area contributed by atoms with Crippen LogP contribution >= 0.6 is 22.6 Å². The topological polar surface area (TPSA) is 84.9 Å². The molecule has 1 aromatic carbocycles. The van der Waals surface area contributed by atoms with E-state index in [0.717, 1.165) is 9.13 Å². The molecule has 1 rings (SSSR count). The first kappa shape index (κ1) is 17.9. The Morgan fingerprint density at radius 2 is 2.05 bits per heavy atom. The Balaban J connectivity index is 2.52. The molecule has 6 nitrogen and oxygen atoms in total. The summed E-state index contributed by atoms with van der Waals surface area (Å²) < 4.78 is 10.8. The number of hydrogen-bond acceptors (Lipinski definition) is 4. The number of nitrogens with one attached hydrogen (secondary N) is 1. The van der Waals surface area contributed by atoms with Crippen LogP contribution in [0.15, 0.2) is 24.3 Å². The van der Waals surface area contributed by atoms with E-state index in [1.807, 2.05) is 24.3 Å². The van der Waals surface area contributed by atoms with Gasteiger partial charge in [0.2, 0.25) is 5.91 Å². The van der Waals surface area contributed by atoms with E-state index >= 15 is 0 Å². The summed E-state index contributed by atoms with van der Waals surface area (Å²) in [7, 11) is 1.53. The van der Waals surface area contributed by atoms with Crippen molar-refractivity contribution in [1.29, 1.82) is 0 Å². The largest absolute Gasteiger partial charge is 0.480 e. The Hall–Kier alpha value is -1.19. The molecule has 116 valence electrons. The van der Waals surface area contributed by atoms with Crippen molar-refractivity contribution in [3.63, 3.8) is 0 Å². The van der Waals surface area contributed by atoms with Crippen molar-refractivity contribution in [2.75, 3.05) is 26.9 Å². The molecule has 0 saturated carbocycles. The van der Waals surface area contributed by atoms with Crippen molar-refractivity contribution in [2.24, 2.45) is 0 Å². The van der Waals surface area contributed by atoms with Crippen molar-refractivity contribution in [3.8, 4) is 0 Å². The summed E-state index contributed by atoms with van der Waals surface area (Å²) in [5.74, 6) is -1.52. The second kappa shape index (κ2) is 9.69. The van der Waals surface area contributed by atoms with E-state index in [0.29, 0.717) is 6.61 Å². The normalized spacial score (nSPS) is 11.9. The molecule has 0 saturated heterocycles. The highest BCUT2D eigenvalue weighted by atomic mass is 127. The van der Waals surface area contributed by atoms with Gasteiger partial charge in [-0.05, 0) is 34.2 Å². The molecule has 0 spiro atoms. The average Bonchev–Trinajstić information content (AvgIpc) is 2.45. The van der Waals surface area contributed by atoms with E-state index < -0.39 is 17.9 Å². The molecule has 0 aliphatic carbocycles. The number of carboxylic acids is 1. The van der Waals surface area contributed by atoms with Gasteiger partial charge in [-0.15, -0.1) is 0 Å². The fourth-order valence-corrected chi connectivity index (χ4v) is 2.23. The Kier molecular flexibility index (Phi) is 8.24. The van der Waals surface area contributed by atoms with Gasteiger partial charge < -0.3 is 19.9 Å². The van der Waals surface area contributed by atoms with Gasteiger partial charge in [0, 0.05) is 17.1 Å². The van der Waals surface area contributed by atoms with Gasteiger partial charge in [-0.2, -0.15) is 0 Å². The SMILES string of the molecule is COCCOCC(=O)N[C@H](Cc1ccccc1I)C(=O)O. The first-order valence-electron chi connectivity index (χ1n) is 6.37. The highest BCUT2D eigenvalue weighted by Gasteiger charge is 2.21. The third kappa shape index (κ3) is 6.87. The molecular formula is C14H18INO5. The van der Waals surface area contributed by atoms with Crippen LogP contribution in [0.1, 0.15) is 5.56 Å². The van der Waals surface area contributed by atoms with Crippen LogP contribution in [0.2, 0.25) is 0 Å². The van der Waals surface area contributed by atoms with Gasteiger partial charge in [0.25, 0.3) is 0 Å². The maximum absolute atomic E-state index is 11.7. The Morgan fingerprint density at radius 3 is 2.67 bits per heavy atom. The predicted molar refractivity (Wildman–Crippen MR) is 85.1 cm³/mol. The zero-order valence-corrected chi connectivity index (χ0v) is 13.8. The molecule has 2 N–H and O–H groups in total. The smallest absolute Gasteiger partial charge is 0.326 e. The summed E-state index contributed by atoms with van der Waals surface area (Å²) in [6.45, 7) is 0.495. The number of rotatable bonds is 9. The molecular weight excluding hydrogens is 389 g/mol. The van der Waals surface area contributed by atoms with E-state index in [1.165, 1.54) is 7.11 Å². The average molecular weight is 407 g/mol. The molecule has 21 heavy (non-hydrogen) atoms. The second-order valence-electron chi connectivity index (χ2n) is 4.30. The number of methoxy groups -OCH3 is 1. The Labute approximate surface area is 137 Å². The molecule has 0 unspecified atom stereocenters. The summed E-state index contributed by atoms with van der Waals surface area (Å²) in [6.07, 6.45) is 0.234. The highest BCUT2D eigenvalue weighted by Crippen LogP contribution is 2.13. The molecule has 1 amide bonds. The molecule has 0 aliphatic rings. The molecule has 0 fully saturated rings. The summed E-state index contributed by atoms with van der Waals surface area (Å²) in [6, 6.07) is 6.48. The van der Waals surface area contributed by atoms with Crippen LogP contribution in [0.25, 0.3) is 0 Å². The lowest BCUT2D eigenvalue weighted by molar-refractivity contribution is -0.142. The molecule has 1 atom stereocenters. The zero-order valence-electron chi connectivity index (χ0n) is 11.7. The third-order valence-corrected chi connectivity index (χ3v) is 3.73. The van der Waals surface area contributed by atoms with Crippen LogP contribution in [0.5, 0.6) is 0 Å². The Morgan fingerprint density at radius 1 is 1.33 bits per heavy atom. The number of halogens is 1. The molecule has 7 heteroatoms. The van der Waals surface area contributed by atoms with Crippen LogP contribution in [-0.2, 0) is 25.5 Å². The monoisotopic (exact) mass is 407 g/mol. The molecule has 1 aromatic rings. The van der Waals surface area contributed by atoms with Crippen LogP contribution < -0.4 is 5.32 Å². The molecule has 0 heterocycles. The van der Waals surface area contributed by atoms with Gasteiger partial charge in [-0.1, -0.05) is 18.2 Å². The minimum absolute atomic E-state index is 0.182. The lowest BCUT2D eigenvalue weighted by atomic mass is 10.1. The number of carbonyl (C=O) groups is 2. The molecule has 0 radical (unpaired) electrons. The number of hydrogen-bond donors (Lipinski definition) is 2. The van der Waals surface area contributed by atoms with E-state index in [4.69, 9.17) is 9.47 Å². The predicted octanol–water partition coefficient (Wildman–Crippen LogP) is 1.07. The van der Waals surface area contributed by atoms with E-state index in [1.54, 1.807) is 0 Å². The minimum Gasteiger partial charge on any atom is -0.480 e. The fourth-order valence-electron chi connectivity index (χ4n) is 1.63. The van der Waals surface area contributed by atoms with E-state index in [-0.39, 0.29) is 19.6 Å². The van der Waals surface area contributed by atoms with Gasteiger partial charge in [0.15, 0.2) is 0 Å². The number of carboxylic acid groups (broad SMARTS) is 1. The van der Waals surface area contributed by atoms with Gasteiger partial charge in [-0.3, -0.25) is 4.79 Å². The van der Waals surface area contributed by atoms with Crippen LogP contribution in [-0.4, -0.2) is 50.0 Å². The number of ether oxygens (including phenoxy) is 2. The number of aliphatic carboxylic acids is 1. The maximum atomic E-state index is 11.7. The number of benzene rings is 1. The summed E-state index contributed by atoms with van der Waals surface area (Å²) >= 11 is 2.14. The molecule has 0 aromatic heterocycles. The van der Waals surface area contributed by atoms with E-state index in [2.05, 4.69) is 27.9 Å². The quantitative estimate of drug-likeness (QED) is 0.473. The third-order valence-electron chi connectivity index (χ3n) is 2.68. The van der Waals surface area contributed by atoms with Crippen LogP contribution in [0, 0.1) is 3.57 Å².